The Kier molecular flexibility index (Phi) is 4.60. The molecule has 0 saturated heterocycles. The average molecular weight is 374 g/mol. The number of carbonyl (C=O) groups is 1. The fourth-order valence-corrected chi connectivity index (χ4v) is 3.16. The van der Waals surface area contributed by atoms with Gasteiger partial charge in [-0.25, -0.2) is 4.98 Å². The molecule has 0 atom stereocenters. The maximum Gasteiger partial charge on any atom is 0.230 e. The van der Waals surface area contributed by atoms with Crippen LogP contribution in [0.5, 0.6) is 0 Å². The van der Waals surface area contributed by atoms with E-state index in [1.165, 1.54) is 11.3 Å². The van der Waals surface area contributed by atoms with E-state index in [1.54, 1.807) is 12.4 Å². The van der Waals surface area contributed by atoms with Gasteiger partial charge in [0.15, 0.2) is 0 Å². The van der Waals surface area contributed by atoms with Crippen molar-refractivity contribution in [1.29, 1.82) is 0 Å². The molecule has 6 heteroatoms. The van der Waals surface area contributed by atoms with E-state index in [0.29, 0.717) is 0 Å². The lowest BCUT2D eigenvalue weighted by atomic mass is 10.2. The summed E-state index contributed by atoms with van der Waals surface area (Å²) < 4.78 is 0.929. The summed E-state index contributed by atoms with van der Waals surface area (Å²) in [5.74, 6) is -0.0823. The minimum absolute atomic E-state index is 0.0823. The predicted octanol–water partition coefficient (Wildman–Crippen LogP) is 4.15. The normalized spacial score (nSPS) is 10.4. The van der Waals surface area contributed by atoms with Crippen LogP contribution < -0.4 is 5.32 Å². The number of benzene rings is 1. The van der Waals surface area contributed by atoms with E-state index in [1.807, 2.05) is 41.8 Å². The van der Waals surface area contributed by atoms with Crippen molar-refractivity contribution in [2.45, 2.75) is 6.42 Å². The number of halogens is 1. The Morgan fingerprint density at radius 2 is 2.18 bits per heavy atom. The number of nitrogens with one attached hydrogen (secondary N) is 1. The number of anilines is 1. The van der Waals surface area contributed by atoms with E-state index in [0.717, 1.165) is 26.4 Å². The van der Waals surface area contributed by atoms with Gasteiger partial charge >= 0.3 is 0 Å². The summed E-state index contributed by atoms with van der Waals surface area (Å²) in [6.07, 6.45) is 3.75. The van der Waals surface area contributed by atoms with E-state index >= 15 is 0 Å². The maximum absolute atomic E-state index is 12.1. The van der Waals surface area contributed by atoms with E-state index in [2.05, 4.69) is 31.2 Å². The van der Waals surface area contributed by atoms with E-state index in [-0.39, 0.29) is 12.3 Å². The van der Waals surface area contributed by atoms with Crippen LogP contribution in [0.1, 0.15) is 5.69 Å². The van der Waals surface area contributed by atoms with Gasteiger partial charge < -0.3 is 5.32 Å². The van der Waals surface area contributed by atoms with Gasteiger partial charge in [-0.1, -0.05) is 22.0 Å². The molecule has 1 aromatic carbocycles. The zero-order valence-corrected chi connectivity index (χ0v) is 13.9. The number of amides is 1. The number of rotatable bonds is 4. The molecule has 1 N–H and O–H groups in total. The molecule has 0 aliphatic carbocycles. The lowest BCUT2D eigenvalue weighted by molar-refractivity contribution is -0.115. The maximum atomic E-state index is 12.1. The Hall–Kier alpha value is -2.05. The molecule has 1 amide bonds. The number of nitrogens with zero attached hydrogens (tertiary/aromatic N) is 2. The number of pyridine rings is 1. The number of carbonyl (C=O) groups excluding carboxylic acids is 1. The first-order chi connectivity index (χ1) is 10.7. The molecule has 110 valence electrons. The molecule has 3 aromatic rings. The van der Waals surface area contributed by atoms with E-state index in [9.17, 15) is 4.79 Å². The summed E-state index contributed by atoms with van der Waals surface area (Å²) >= 11 is 4.89. The average Bonchev–Trinajstić information content (AvgIpc) is 2.96. The molecule has 0 bridgehead atoms. The summed E-state index contributed by atoms with van der Waals surface area (Å²) in [6, 6.07) is 11.3. The zero-order valence-electron chi connectivity index (χ0n) is 11.5. The highest BCUT2D eigenvalue weighted by Gasteiger charge is 2.09. The second-order valence-electron chi connectivity index (χ2n) is 4.62. The smallest absolute Gasteiger partial charge is 0.230 e. The van der Waals surface area contributed by atoms with Crippen molar-refractivity contribution in [2.75, 3.05) is 5.32 Å². The number of aromatic nitrogens is 2. The van der Waals surface area contributed by atoms with Crippen molar-refractivity contribution < 1.29 is 4.79 Å². The first-order valence-corrected chi connectivity index (χ1v) is 8.28. The third kappa shape index (κ3) is 3.78. The molecular formula is C16H12BrN3OS. The fourth-order valence-electron chi connectivity index (χ4n) is 1.95. The van der Waals surface area contributed by atoms with Gasteiger partial charge in [0.05, 0.1) is 12.1 Å². The Bertz CT molecular complexity index is 789. The predicted molar refractivity (Wildman–Crippen MR) is 91.8 cm³/mol. The number of hydrogen-bond donors (Lipinski definition) is 1. The van der Waals surface area contributed by atoms with Crippen LogP contribution >= 0.6 is 27.3 Å². The quantitative estimate of drug-likeness (QED) is 0.747. The molecule has 2 heterocycles. The molecule has 0 unspecified atom stereocenters. The van der Waals surface area contributed by atoms with Crippen LogP contribution in [0, 0.1) is 0 Å². The van der Waals surface area contributed by atoms with Crippen LogP contribution in [0.15, 0.2) is 58.6 Å². The molecule has 0 saturated carbocycles. The van der Waals surface area contributed by atoms with Gasteiger partial charge in [0, 0.05) is 33.5 Å². The lowest BCUT2D eigenvalue weighted by Crippen LogP contribution is -2.14. The van der Waals surface area contributed by atoms with E-state index < -0.39 is 0 Å². The first-order valence-electron chi connectivity index (χ1n) is 6.61. The van der Waals surface area contributed by atoms with Crippen molar-refractivity contribution in [3.05, 3.63) is 64.3 Å². The zero-order chi connectivity index (χ0) is 15.4. The Morgan fingerprint density at radius 1 is 1.27 bits per heavy atom. The van der Waals surface area contributed by atoms with Crippen molar-refractivity contribution in [1.82, 2.24) is 9.97 Å². The van der Waals surface area contributed by atoms with Gasteiger partial charge in [0.1, 0.15) is 5.01 Å². The second kappa shape index (κ2) is 6.81. The van der Waals surface area contributed by atoms with Crippen LogP contribution in [0.4, 0.5) is 5.69 Å². The van der Waals surface area contributed by atoms with Gasteiger partial charge in [-0.2, -0.15) is 0 Å². The minimum atomic E-state index is -0.0823. The third-order valence-electron chi connectivity index (χ3n) is 2.91. The third-order valence-corrected chi connectivity index (χ3v) is 4.34. The van der Waals surface area contributed by atoms with Crippen LogP contribution in [0.25, 0.3) is 10.6 Å². The molecule has 22 heavy (non-hydrogen) atoms. The second-order valence-corrected chi connectivity index (χ2v) is 6.39. The Balaban J connectivity index is 1.66. The highest BCUT2D eigenvalue weighted by molar-refractivity contribution is 9.10. The van der Waals surface area contributed by atoms with Gasteiger partial charge in [0.2, 0.25) is 5.91 Å². The van der Waals surface area contributed by atoms with Gasteiger partial charge in [-0.15, -0.1) is 11.3 Å². The topological polar surface area (TPSA) is 54.9 Å². The largest absolute Gasteiger partial charge is 0.326 e. The SMILES string of the molecule is O=C(Cc1csc(-c2cccnc2)n1)Nc1cccc(Br)c1. The Morgan fingerprint density at radius 3 is 2.95 bits per heavy atom. The van der Waals surface area contributed by atoms with Crippen LogP contribution in [-0.4, -0.2) is 15.9 Å². The molecule has 0 radical (unpaired) electrons. The minimum Gasteiger partial charge on any atom is -0.326 e. The van der Waals surface area contributed by atoms with Gasteiger partial charge in [0.25, 0.3) is 0 Å². The molecule has 4 nitrogen and oxygen atoms in total. The first kappa shape index (κ1) is 14.9. The van der Waals surface area contributed by atoms with Crippen LogP contribution in [0.2, 0.25) is 0 Å². The molecule has 0 aliphatic rings. The monoisotopic (exact) mass is 373 g/mol. The molecule has 2 aromatic heterocycles. The summed E-state index contributed by atoms with van der Waals surface area (Å²) in [5, 5.41) is 5.64. The highest BCUT2D eigenvalue weighted by Crippen LogP contribution is 2.23. The summed E-state index contributed by atoms with van der Waals surface area (Å²) in [5.41, 5.74) is 2.49. The molecule has 0 fully saturated rings. The van der Waals surface area contributed by atoms with Crippen molar-refractivity contribution in [3.8, 4) is 10.6 Å². The summed E-state index contributed by atoms with van der Waals surface area (Å²) in [4.78, 5) is 20.6. The van der Waals surface area contributed by atoms with Crippen molar-refractivity contribution in [2.24, 2.45) is 0 Å². The van der Waals surface area contributed by atoms with Crippen molar-refractivity contribution in [3.63, 3.8) is 0 Å². The standard InChI is InChI=1S/C16H12BrN3OS/c17-12-4-1-5-13(7-12)19-15(21)8-14-10-22-16(20-14)11-3-2-6-18-9-11/h1-7,9-10H,8H2,(H,19,21). The highest BCUT2D eigenvalue weighted by atomic mass is 79.9. The Labute approximate surface area is 140 Å². The van der Waals surface area contributed by atoms with Crippen molar-refractivity contribution >= 4 is 38.9 Å². The molecular weight excluding hydrogens is 362 g/mol. The van der Waals surface area contributed by atoms with Crippen LogP contribution in [-0.2, 0) is 11.2 Å². The van der Waals surface area contributed by atoms with Gasteiger partial charge in [-0.3, -0.25) is 9.78 Å². The molecule has 0 spiro atoms. The molecule has 0 aliphatic heterocycles. The lowest BCUT2D eigenvalue weighted by Gasteiger charge is -2.04. The van der Waals surface area contributed by atoms with E-state index in [4.69, 9.17) is 0 Å². The molecule has 3 rings (SSSR count). The van der Waals surface area contributed by atoms with Gasteiger partial charge in [-0.05, 0) is 30.3 Å². The number of thiazole rings is 1. The summed E-state index contributed by atoms with van der Waals surface area (Å²) in [7, 11) is 0. The number of hydrogen-bond acceptors (Lipinski definition) is 4. The fraction of sp³-hybridized carbons (Fsp3) is 0.0625. The van der Waals surface area contributed by atoms with Crippen LogP contribution in [0.3, 0.4) is 0 Å². The summed E-state index contributed by atoms with van der Waals surface area (Å²) in [6.45, 7) is 0.